The molecule has 0 amide bonds. The lowest BCUT2D eigenvalue weighted by atomic mass is 9.94. The molecule has 0 fully saturated rings. The Morgan fingerprint density at radius 3 is 2.77 bits per heavy atom. The number of nitrogens with zero attached hydrogens (tertiary/aromatic N) is 1. The average molecular weight is 199 g/mol. The second kappa shape index (κ2) is 3.76. The van der Waals surface area contributed by atoms with Crippen LogP contribution in [0.25, 0.3) is 0 Å². The van der Waals surface area contributed by atoms with Gasteiger partial charge in [-0.05, 0) is 20.1 Å². The standard InChI is InChI=1S/C10H17NOS/c1-8-5-9(7-13-4)6-10(2,3)11(8)12/h6,12H,1,5,7H2,2-4H3. The Labute approximate surface area is 84.3 Å². The minimum absolute atomic E-state index is 0.305. The largest absolute Gasteiger partial charge is 0.288 e. The Morgan fingerprint density at radius 2 is 2.31 bits per heavy atom. The Bertz CT molecular complexity index is 245. The van der Waals surface area contributed by atoms with Gasteiger partial charge in [0.1, 0.15) is 0 Å². The second-order valence-corrected chi connectivity index (χ2v) is 4.81. The lowest BCUT2D eigenvalue weighted by Gasteiger charge is -2.38. The van der Waals surface area contributed by atoms with E-state index in [1.165, 1.54) is 10.6 Å². The van der Waals surface area contributed by atoms with Crippen LogP contribution in [0.3, 0.4) is 0 Å². The van der Waals surface area contributed by atoms with Gasteiger partial charge in [0.2, 0.25) is 0 Å². The van der Waals surface area contributed by atoms with E-state index in [-0.39, 0.29) is 5.54 Å². The summed E-state index contributed by atoms with van der Waals surface area (Å²) in [4.78, 5) is 0. The van der Waals surface area contributed by atoms with Crippen molar-refractivity contribution in [1.29, 1.82) is 0 Å². The quantitative estimate of drug-likeness (QED) is 0.692. The number of allylic oxidation sites excluding steroid dienone is 1. The van der Waals surface area contributed by atoms with Gasteiger partial charge in [-0.25, -0.2) is 0 Å². The molecule has 74 valence electrons. The van der Waals surface area contributed by atoms with E-state index in [9.17, 15) is 5.21 Å². The number of hydroxylamine groups is 2. The van der Waals surface area contributed by atoms with Gasteiger partial charge in [-0.3, -0.25) is 10.3 Å². The number of hydrogen-bond acceptors (Lipinski definition) is 3. The molecular weight excluding hydrogens is 182 g/mol. The van der Waals surface area contributed by atoms with E-state index >= 15 is 0 Å². The molecule has 1 rings (SSSR count). The summed E-state index contributed by atoms with van der Waals surface area (Å²) >= 11 is 1.80. The highest BCUT2D eigenvalue weighted by Gasteiger charge is 2.29. The second-order valence-electron chi connectivity index (χ2n) is 3.94. The highest BCUT2D eigenvalue weighted by atomic mass is 32.2. The van der Waals surface area contributed by atoms with Crippen LogP contribution in [-0.4, -0.2) is 27.8 Å². The molecule has 0 unspecified atom stereocenters. The number of hydrogen-bond donors (Lipinski definition) is 1. The highest BCUT2D eigenvalue weighted by molar-refractivity contribution is 7.98. The van der Waals surface area contributed by atoms with Crippen molar-refractivity contribution < 1.29 is 5.21 Å². The van der Waals surface area contributed by atoms with Gasteiger partial charge in [0, 0.05) is 17.9 Å². The smallest absolute Gasteiger partial charge is 0.0794 e. The number of thioether (sulfide) groups is 1. The van der Waals surface area contributed by atoms with E-state index in [1.54, 1.807) is 11.8 Å². The maximum absolute atomic E-state index is 9.67. The average Bonchev–Trinajstić information content (AvgIpc) is 2.00. The molecule has 0 aromatic rings. The van der Waals surface area contributed by atoms with Crippen LogP contribution in [0.2, 0.25) is 0 Å². The predicted molar refractivity (Wildman–Crippen MR) is 57.9 cm³/mol. The van der Waals surface area contributed by atoms with Crippen LogP contribution in [0.4, 0.5) is 0 Å². The van der Waals surface area contributed by atoms with Crippen LogP contribution in [-0.2, 0) is 0 Å². The maximum atomic E-state index is 9.67. The fourth-order valence-electron chi connectivity index (χ4n) is 1.63. The summed E-state index contributed by atoms with van der Waals surface area (Å²) in [5.41, 5.74) is 1.84. The summed E-state index contributed by atoms with van der Waals surface area (Å²) in [6.45, 7) is 7.82. The molecule has 1 aliphatic rings. The predicted octanol–water partition coefficient (Wildman–Crippen LogP) is 2.66. The molecule has 0 saturated carbocycles. The topological polar surface area (TPSA) is 23.5 Å². The molecule has 1 aliphatic heterocycles. The maximum Gasteiger partial charge on any atom is 0.0794 e. The van der Waals surface area contributed by atoms with Crippen molar-refractivity contribution in [3.63, 3.8) is 0 Å². The first-order valence-electron chi connectivity index (χ1n) is 4.34. The lowest BCUT2D eigenvalue weighted by Crippen LogP contribution is -2.42. The molecule has 0 aromatic heterocycles. The fraction of sp³-hybridized carbons (Fsp3) is 0.600. The van der Waals surface area contributed by atoms with E-state index in [4.69, 9.17) is 0 Å². The molecule has 0 radical (unpaired) electrons. The van der Waals surface area contributed by atoms with E-state index in [1.807, 2.05) is 13.8 Å². The molecule has 0 aromatic carbocycles. The van der Waals surface area contributed by atoms with Gasteiger partial charge in [0.15, 0.2) is 0 Å². The van der Waals surface area contributed by atoms with Crippen LogP contribution in [0.15, 0.2) is 23.9 Å². The molecule has 3 heteroatoms. The first-order chi connectivity index (χ1) is 5.97. The highest BCUT2D eigenvalue weighted by Crippen LogP contribution is 2.30. The van der Waals surface area contributed by atoms with Crippen LogP contribution in [0.5, 0.6) is 0 Å². The van der Waals surface area contributed by atoms with Crippen molar-refractivity contribution in [2.24, 2.45) is 0 Å². The van der Waals surface area contributed by atoms with E-state index in [2.05, 4.69) is 18.9 Å². The molecule has 0 spiro atoms. The summed E-state index contributed by atoms with van der Waals surface area (Å²) in [6.07, 6.45) is 5.00. The minimum atomic E-state index is -0.305. The Morgan fingerprint density at radius 1 is 1.69 bits per heavy atom. The van der Waals surface area contributed by atoms with Gasteiger partial charge in [0.05, 0.1) is 5.54 Å². The van der Waals surface area contributed by atoms with Gasteiger partial charge >= 0.3 is 0 Å². The van der Waals surface area contributed by atoms with Gasteiger partial charge in [0.25, 0.3) is 0 Å². The lowest BCUT2D eigenvalue weighted by molar-refractivity contribution is -0.117. The van der Waals surface area contributed by atoms with Crippen LogP contribution >= 0.6 is 11.8 Å². The minimum Gasteiger partial charge on any atom is -0.288 e. The molecule has 1 N–H and O–H groups in total. The van der Waals surface area contributed by atoms with Gasteiger partial charge < -0.3 is 0 Å². The monoisotopic (exact) mass is 199 g/mol. The summed E-state index contributed by atoms with van der Waals surface area (Å²) in [6, 6.07) is 0. The molecule has 0 saturated heterocycles. The third-order valence-corrected chi connectivity index (χ3v) is 2.82. The normalized spacial score (nSPS) is 21.7. The van der Waals surface area contributed by atoms with Crippen molar-refractivity contribution in [3.05, 3.63) is 23.9 Å². The van der Waals surface area contributed by atoms with Crippen molar-refractivity contribution in [2.45, 2.75) is 25.8 Å². The Balaban J connectivity index is 2.86. The zero-order chi connectivity index (χ0) is 10.1. The fourth-order valence-corrected chi connectivity index (χ4v) is 2.19. The van der Waals surface area contributed by atoms with Crippen LogP contribution in [0, 0.1) is 0 Å². The van der Waals surface area contributed by atoms with Crippen LogP contribution in [0.1, 0.15) is 20.3 Å². The third-order valence-electron chi connectivity index (χ3n) is 2.16. The number of rotatable bonds is 2. The summed E-state index contributed by atoms with van der Waals surface area (Å²) in [5.74, 6) is 1.02. The van der Waals surface area contributed by atoms with E-state index in [0.29, 0.717) is 0 Å². The van der Waals surface area contributed by atoms with E-state index in [0.717, 1.165) is 17.9 Å². The van der Waals surface area contributed by atoms with Crippen molar-refractivity contribution >= 4 is 11.8 Å². The zero-order valence-corrected chi connectivity index (χ0v) is 9.32. The molecule has 0 aliphatic carbocycles. The van der Waals surface area contributed by atoms with Crippen LogP contribution < -0.4 is 0 Å². The SMILES string of the molecule is C=C1CC(CSC)=CC(C)(C)N1O. The van der Waals surface area contributed by atoms with Gasteiger partial charge in [-0.15, -0.1) is 0 Å². The summed E-state index contributed by atoms with van der Waals surface area (Å²) < 4.78 is 0. The first-order valence-corrected chi connectivity index (χ1v) is 5.73. The van der Waals surface area contributed by atoms with Crippen molar-refractivity contribution in [2.75, 3.05) is 12.0 Å². The molecule has 0 atom stereocenters. The van der Waals surface area contributed by atoms with Crippen molar-refractivity contribution in [3.8, 4) is 0 Å². The van der Waals surface area contributed by atoms with E-state index < -0.39 is 0 Å². The van der Waals surface area contributed by atoms with Crippen molar-refractivity contribution in [1.82, 2.24) is 5.06 Å². The summed E-state index contributed by atoms with van der Waals surface area (Å²) in [5, 5.41) is 10.9. The van der Waals surface area contributed by atoms with Gasteiger partial charge in [-0.2, -0.15) is 11.8 Å². The molecular formula is C10H17NOS. The third kappa shape index (κ3) is 2.29. The molecule has 0 bridgehead atoms. The summed E-state index contributed by atoms with van der Waals surface area (Å²) in [7, 11) is 0. The first kappa shape index (κ1) is 10.7. The van der Waals surface area contributed by atoms with Gasteiger partial charge in [-0.1, -0.05) is 18.2 Å². The Kier molecular flexibility index (Phi) is 3.09. The zero-order valence-electron chi connectivity index (χ0n) is 8.50. The molecule has 1 heterocycles. The molecule has 13 heavy (non-hydrogen) atoms. The molecule has 2 nitrogen and oxygen atoms in total. The Hall–Kier alpha value is -0.410.